The summed E-state index contributed by atoms with van der Waals surface area (Å²) in [5.41, 5.74) is 12.1. The molecule has 2 aliphatic rings. The largest absolute Gasteiger partial charge is 0.314 e. The molecule has 2 aliphatic heterocycles. The van der Waals surface area contributed by atoms with E-state index in [9.17, 15) is 0 Å². The number of hydrogen-bond donors (Lipinski definition) is 0. The van der Waals surface area contributed by atoms with Crippen molar-refractivity contribution in [3.05, 3.63) is 151 Å². The highest BCUT2D eigenvalue weighted by atomic mass is 15.3. The third-order valence-electron chi connectivity index (χ3n) is 9.15. The van der Waals surface area contributed by atoms with Crippen molar-refractivity contribution >= 4 is 45.3 Å². The Bertz CT molecular complexity index is 2300. The summed E-state index contributed by atoms with van der Waals surface area (Å²) in [6.07, 6.45) is 8.15. The molecule has 9 rings (SSSR count). The van der Waals surface area contributed by atoms with Crippen molar-refractivity contribution < 1.29 is 4.58 Å². The van der Waals surface area contributed by atoms with E-state index in [1.54, 1.807) is 0 Å². The summed E-state index contributed by atoms with van der Waals surface area (Å²) in [5.74, 6) is 0. The third kappa shape index (κ3) is 3.85. The minimum absolute atomic E-state index is 0.326. The first-order valence-electron chi connectivity index (χ1n) is 15.4. The van der Waals surface area contributed by atoms with Gasteiger partial charge in [0.15, 0.2) is 0 Å². The molecule has 0 bridgehead atoms. The van der Waals surface area contributed by atoms with Crippen LogP contribution in [0.1, 0.15) is 19.4 Å². The summed E-state index contributed by atoms with van der Waals surface area (Å²) in [6.45, 7) is 4.52. The molecule has 0 unspecified atom stereocenters. The first-order valence-corrected chi connectivity index (χ1v) is 15.4. The van der Waals surface area contributed by atoms with E-state index in [4.69, 9.17) is 4.98 Å². The van der Waals surface area contributed by atoms with Crippen molar-refractivity contribution in [3.8, 4) is 27.9 Å². The van der Waals surface area contributed by atoms with Gasteiger partial charge < -0.3 is 9.48 Å². The molecular weight excluding hydrogens is 548 g/mol. The van der Waals surface area contributed by atoms with Crippen LogP contribution in [0.15, 0.2) is 146 Å². The SMILES string of the molecule is CC1(C)C=C2c3ccccc3-c3ccccc3-c3ccc(-n4c5ccccc5c5cccnc54)cc3N2[C-]=[N+]1c1ccccc1. The first kappa shape index (κ1) is 25.7. The van der Waals surface area contributed by atoms with Gasteiger partial charge in [0.2, 0.25) is 6.34 Å². The van der Waals surface area contributed by atoms with E-state index in [1.165, 1.54) is 27.6 Å². The highest BCUT2D eigenvalue weighted by molar-refractivity contribution is 6.10. The van der Waals surface area contributed by atoms with Crippen molar-refractivity contribution in [1.29, 1.82) is 0 Å². The standard InChI is InChI=1S/C41H30N4/c1-41(2)26-39-33-18-9-8-16-31(33)30-15-6-7-17-32(30)35-23-22-29(25-38(35)43(39)27-44(41)28-13-4-3-5-14-28)45-37-21-11-10-19-34(37)36-20-12-24-42-40(36)45/h3-26H,1-2H3. The van der Waals surface area contributed by atoms with Crippen LogP contribution in [-0.4, -0.2) is 26.0 Å². The monoisotopic (exact) mass is 578 g/mol. The molecule has 0 spiro atoms. The fraction of sp³-hybridized carbons (Fsp3) is 0.0732. The molecule has 0 saturated carbocycles. The Morgan fingerprint density at radius 2 is 1.27 bits per heavy atom. The molecule has 0 saturated heterocycles. The van der Waals surface area contributed by atoms with Crippen LogP contribution in [0, 0.1) is 0 Å². The van der Waals surface area contributed by atoms with Crippen LogP contribution in [0.4, 0.5) is 11.4 Å². The number of rotatable bonds is 2. The smallest absolute Gasteiger partial charge is 0.246 e. The van der Waals surface area contributed by atoms with E-state index in [0.717, 1.165) is 44.9 Å². The Kier molecular flexibility index (Phi) is 5.51. The van der Waals surface area contributed by atoms with Crippen molar-refractivity contribution in [2.24, 2.45) is 0 Å². The number of pyridine rings is 1. The van der Waals surface area contributed by atoms with Gasteiger partial charge in [-0.05, 0) is 78.1 Å². The van der Waals surface area contributed by atoms with Crippen LogP contribution in [-0.2, 0) is 0 Å². The summed E-state index contributed by atoms with van der Waals surface area (Å²) in [7, 11) is 0. The van der Waals surface area contributed by atoms with E-state index < -0.39 is 0 Å². The lowest BCUT2D eigenvalue weighted by Gasteiger charge is -2.39. The number of aromatic nitrogens is 2. The van der Waals surface area contributed by atoms with Crippen molar-refractivity contribution in [2.75, 3.05) is 4.90 Å². The van der Waals surface area contributed by atoms with Crippen LogP contribution in [0.3, 0.4) is 0 Å². The Hall–Kier alpha value is -5.74. The van der Waals surface area contributed by atoms with E-state index >= 15 is 0 Å². The number of anilines is 1. The lowest BCUT2D eigenvalue weighted by atomic mass is 9.85. The quantitative estimate of drug-likeness (QED) is 0.151. The second kappa shape index (κ2) is 9.63. The van der Waals surface area contributed by atoms with Crippen LogP contribution in [0.5, 0.6) is 0 Å². The second-order valence-corrected chi connectivity index (χ2v) is 12.3. The summed E-state index contributed by atoms with van der Waals surface area (Å²) >= 11 is 0. The zero-order valence-electron chi connectivity index (χ0n) is 25.1. The molecule has 0 radical (unpaired) electrons. The topological polar surface area (TPSA) is 24.1 Å². The summed E-state index contributed by atoms with van der Waals surface area (Å²) in [4.78, 5) is 7.14. The molecule has 4 heterocycles. The van der Waals surface area contributed by atoms with Gasteiger partial charge in [0.05, 0.1) is 22.6 Å². The summed E-state index contributed by atoms with van der Waals surface area (Å²) in [6, 6.07) is 47.6. The molecule has 4 nitrogen and oxygen atoms in total. The zero-order chi connectivity index (χ0) is 30.1. The minimum Gasteiger partial charge on any atom is -0.314 e. The van der Waals surface area contributed by atoms with Gasteiger partial charge in [-0.25, -0.2) is 4.98 Å². The highest BCUT2D eigenvalue weighted by Crippen LogP contribution is 2.48. The van der Waals surface area contributed by atoms with Gasteiger partial charge in [-0.3, -0.25) is 4.57 Å². The Balaban J connectivity index is 1.39. The Morgan fingerprint density at radius 1 is 0.622 bits per heavy atom. The average molecular weight is 579 g/mol. The number of hydrogen-bond acceptors (Lipinski definition) is 2. The molecule has 2 aromatic heterocycles. The second-order valence-electron chi connectivity index (χ2n) is 12.3. The minimum atomic E-state index is -0.326. The number of benzene rings is 5. The van der Waals surface area contributed by atoms with Crippen molar-refractivity contribution in [3.63, 3.8) is 0 Å². The Labute approximate surface area is 262 Å². The van der Waals surface area contributed by atoms with Gasteiger partial charge in [-0.15, -0.1) is 0 Å². The molecule has 0 N–H and O–H groups in total. The lowest BCUT2D eigenvalue weighted by Crippen LogP contribution is -2.42. The molecule has 214 valence electrons. The van der Waals surface area contributed by atoms with Crippen molar-refractivity contribution in [2.45, 2.75) is 19.4 Å². The van der Waals surface area contributed by atoms with E-state index in [-0.39, 0.29) is 5.54 Å². The first-order chi connectivity index (χ1) is 22.1. The van der Waals surface area contributed by atoms with Crippen molar-refractivity contribution in [1.82, 2.24) is 9.55 Å². The number of fused-ring (bicyclic) bond motifs is 11. The fourth-order valence-corrected chi connectivity index (χ4v) is 7.12. The lowest BCUT2D eigenvalue weighted by molar-refractivity contribution is -0.506. The van der Waals surface area contributed by atoms with Gasteiger partial charge in [0.1, 0.15) is 11.2 Å². The van der Waals surface area contributed by atoms with E-state index in [0.29, 0.717) is 0 Å². The van der Waals surface area contributed by atoms with Gasteiger partial charge in [0.25, 0.3) is 0 Å². The van der Waals surface area contributed by atoms with E-state index in [1.807, 2.05) is 12.3 Å². The molecule has 7 aromatic rings. The van der Waals surface area contributed by atoms with Crippen LogP contribution >= 0.6 is 0 Å². The van der Waals surface area contributed by atoms with Gasteiger partial charge in [-0.2, -0.15) is 0 Å². The number of para-hydroxylation sites is 2. The van der Waals surface area contributed by atoms with Crippen LogP contribution in [0.25, 0.3) is 55.6 Å². The highest BCUT2D eigenvalue weighted by Gasteiger charge is 2.34. The van der Waals surface area contributed by atoms with Gasteiger partial charge >= 0.3 is 0 Å². The molecule has 0 atom stereocenters. The maximum atomic E-state index is 4.87. The molecule has 45 heavy (non-hydrogen) atoms. The maximum Gasteiger partial charge on any atom is 0.246 e. The average Bonchev–Trinajstić information content (AvgIpc) is 3.42. The predicted molar refractivity (Wildman–Crippen MR) is 185 cm³/mol. The molecule has 0 aliphatic carbocycles. The van der Waals surface area contributed by atoms with Gasteiger partial charge in [-0.1, -0.05) is 103 Å². The predicted octanol–water partition coefficient (Wildman–Crippen LogP) is 9.72. The maximum absolute atomic E-state index is 4.87. The zero-order valence-corrected chi connectivity index (χ0v) is 25.1. The molecule has 5 aromatic carbocycles. The third-order valence-corrected chi connectivity index (χ3v) is 9.15. The molecule has 0 fully saturated rings. The normalized spacial score (nSPS) is 14.8. The fourth-order valence-electron chi connectivity index (χ4n) is 7.12. The molecule has 4 heteroatoms. The van der Waals surface area contributed by atoms with Crippen LogP contribution in [0.2, 0.25) is 0 Å². The summed E-state index contributed by atoms with van der Waals surface area (Å²) < 4.78 is 4.54. The van der Waals surface area contributed by atoms with E-state index in [2.05, 4.69) is 168 Å². The Morgan fingerprint density at radius 3 is 2.07 bits per heavy atom. The molecule has 0 amide bonds. The van der Waals surface area contributed by atoms with Gasteiger partial charge in [0, 0.05) is 22.7 Å². The summed E-state index contributed by atoms with van der Waals surface area (Å²) in [5, 5.41) is 2.34. The molecular formula is C41H30N4. The number of nitrogens with zero attached hydrogens (tertiary/aromatic N) is 4. The van der Waals surface area contributed by atoms with Crippen LogP contribution < -0.4 is 4.90 Å².